The van der Waals surface area contributed by atoms with Crippen LogP contribution in [0.2, 0.25) is 0 Å². The summed E-state index contributed by atoms with van der Waals surface area (Å²) in [5.41, 5.74) is 3.21. The molecule has 0 N–H and O–H groups in total. The first-order chi connectivity index (χ1) is 10.7. The summed E-state index contributed by atoms with van der Waals surface area (Å²) in [7, 11) is 1.15. The van der Waals surface area contributed by atoms with E-state index in [1.54, 1.807) is 25.6 Å². The van der Waals surface area contributed by atoms with Gasteiger partial charge in [-0.05, 0) is 26.8 Å². The van der Waals surface area contributed by atoms with Crippen molar-refractivity contribution < 1.29 is 13.2 Å². The Hall–Kier alpha value is -1.86. The van der Waals surface area contributed by atoms with Gasteiger partial charge >= 0.3 is 0 Å². The van der Waals surface area contributed by atoms with Gasteiger partial charge in [-0.15, -0.1) is 0 Å². The Labute approximate surface area is 137 Å². The second kappa shape index (κ2) is 6.33. The molecule has 0 fully saturated rings. The number of nitrogens with zero attached hydrogens (tertiary/aromatic N) is 3. The lowest BCUT2D eigenvalue weighted by Crippen LogP contribution is -2.23. The molecule has 0 amide bonds. The second-order valence-corrected chi connectivity index (χ2v) is 7.85. The zero-order chi connectivity index (χ0) is 17.4. The maximum atomic E-state index is 12.5. The van der Waals surface area contributed by atoms with E-state index in [1.165, 1.54) is 18.4 Å². The van der Waals surface area contributed by atoms with Crippen LogP contribution in [0.25, 0.3) is 0 Å². The normalized spacial score (nSPS) is 12.0. The van der Waals surface area contributed by atoms with Crippen LogP contribution in [0.15, 0.2) is 23.1 Å². The summed E-state index contributed by atoms with van der Waals surface area (Å²) in [6, 6.07) is 5.91. The van der Waals surface area contributed by atoms with Gasteiger partial charge in [0.2, 0.25) is 10.0 Å². The molecule has 1 aromatic heterocycles. The van der Waals surface area contributed by atoms with Crippen molar-refractivity contribution in [1.82, 2.24) is 14.1 Å². The van der Waals surface area contributed by atoms with Gasteiger partial charge in [0.15, 0.2) is 0 Å². The SMILES string of the molecule is COc1ccc(C)cc1Cn1nc(C)c(S(=O)(=O)N(C)C)c1C. The Balaban J connectivity index is 2.50. The van der Waals surface area contributed by atoms with Crippen molar-refractivity contribution in [3.8, 4) is 5.75 Å². The van der Waals surface area contributed by atoms with Gasteiger partial charge in [-0.1, -0.05) is 17.7 Å². The monoisotopic (exact) mass is 337 g/mol. The van der Waals surface area contributed by atoms with E-state index in [9.17, 15) is 8.42 Å². The van der Waals surface area contributed by atoms with Gasteiger partial charge in [0.1, 0.15) is 10.6 Å². The molecule has 6 nitrogen and oxygen atoms in total. The van der Waals surface area contributed by atoms with E-state index in [2.05, 4.69) is 5.10 Å². The molecule has 0 unspecified atom stereocenters. The molecular weight excluding hydrogens is 314 g/mol. The first-order valence-electron chi connectivity index (χ1n) is 7.28. The van der Waals surface area contributed by atoms with Crippen molar-refractivity contribution in [2.45, 2.75) is 32.2 Å². The quantitative estimate of drug-likeness (QED) is 0.838. The van der Waals surface area contributed by atoms with Gasteiger partial charge in [0.05, 0.1) is 25.0 Å². The first kappa shape index (κ1) is 17.5. The number of hydrogen-bond acceptors (Lipinski definition) is 4. The molecule has 2 rings (SSSR count). The van der Waals surface area contributed by atoms with Crippen LogP contribution in [0, 0.1) is 20.8 Å². The molecule has 0 bridgehead atoms. The summed E-state index contributed by atoms with van der Waals surface area (Å²) < 4.78 is 33.2. The van der Waals surface area contributed by atoms with Gasteiger partial charge < -0.3 is 4.74 Å². The molecule has 0 aliphatic heterocycles. The van der Waals surface area contributed by atoms with Crippen molar-refractivity contribution >= 4 is 10.0 Å². The Morgan fingerprint density at radius 3 is 2.43 bits per heavy atom. The third-order valence-corrected chi connectivity index (χ3v) is 5.88. The summed E-state index contributed by atoms with van der Waals surface area (Å²) in [6.45, 7) is 5.96. The molecule has 2 aromatic rings. The maximum absolute atomic E-state index is 12.5. The zero-order valence-corrected chi connectivity index (χ0v) is 15.2. The van der Waals surface area contributed by atoms with Gasteiger partial charge in [0, 0.05) is 19.7 Å². The molecule has 126 valence electrons. The highest BCUT2D eigenvalue weighted by atomic mass is 32.2. The van der Waals surface area contributed by atoms with Crippen molar-refractivity contribution in [1.29, 1.82) is 0 Å². The number of hydrogen-bond donors (Lipinski definition) is 0. The minimum atomic E-state index is -3.51. The number of ether oxygens (including phenoxy) is 1. The Morgan fingerprint density at radius 1 is 1.22 bits per heavy atom. The lowest BCUT2D eigenvalue weighted by Gasteiger charge is -2.13. The Kier molecular flexibility index (Phi) is 4.81. The Bertz CT molecular complexity index is 823. The smallest absolute Gasteiger partial charge is 0.246 e. The maximum Gasteiger partial charge on any atom is 0.246 e. The van der Waals surface area contributed by atoms with E-state index in [0.717, 1.165) is 16.9 Å². The van der Waals surface area contributed by atoms with E-state index in [-0.39, 0.29) is 4.90 Å². The van der Waals surface area contributed by atoms with Crippen molar-refractivity contribution in [2.75, 3.05) is 21.2 Å². The molecule has 23 heavy (non-hydrogen) atoms. The standard InChI is InChI=1S/C16H23N3O3S/c1-11-7-8-15(22-6)14(9-11)10-19-13(3)16(12(2)17-19)23(20,21)18(4)5/h7-9H,10H2,1-6H3. The van der Waals surface area contributed by atoms with Gasteiger partial charge in [-0.3, -0.25) is 4.68 Å². The summed E-state index contributed by atoms with van der Waals surface area (Å²) in [6.07, 6.45) is 0. The molecule has 0 saturated carbocycles. The van der Waals surface area contributed by atoms with Crippen LogP contribution in [0.3, 0.4) is 0 Å². The van der Waals surface area contributed by atoms with Crippen molar-refractivity contribution in [2.24, 2.45) is 0 Å². The molecule has 0 saturated heterocycles. The summed E-state index contributed by atoms with van der Waals surface area (Å²) in [5, 5.41) is 4.41. The minimum absolute atomic E-state index is 0.272. The number of aryl methyl sites for hydroxylation is 2. The van der Waals surface area contributed by atoms with Crippen LogP contribution in [0.5, 0.6) is 5.75 Å². The van der Waals surface area contributed by atoms with Crippen LogP contribution < -0.4 is 4.74 Å². The molecule has 0 spiro atoms. The average molecular weight is 337 g/mol. The Morgan fingerprint density at radius 2 is 1.87 bits per heavy atom. The van der Waals surface area contributed by atoms with E-state index in [4.69, 9.17) is 4.74 Å². The molecule has 7 heteroatoms. The predicted molar refractivity (Wildman–Crippen MR) is 89.4 cm³/mol. The summed E-state index contributed by atoms with van der Waals surface area (Å²) >= 11 is 0. The van der Waals surface area contributed by atoms with Crippen LogP contribution in [0.1, 0.15) is 22.5 Å². The van der Waals surface area contributed by atoms with Crippen molar-refractivity contribution in [3.63, 3.8) is 0 Å². The van der Waals surface area contributed by atoms with E-state index >= 15 is 0 Å². The number of benzene rings is 1. The molecular formula is C16H23N3O3S. The van der Waals surface area contributed by atoms with Crippen LogP contribution in [0.4, 0.5) is 0 Å². The summed E-state index contributed by atoms with van der Waals surface area (Å²) in [4.78, 5) is 0.272. The van der Waals surface area contributed by atoms with Gasteiger partial charge in [-0.2, -0.15) is 5.10 Å². The van der Waals surface area contributed by atoms with E-state index < -0.39 is 10.0 Å². The highest BCUT2D eigenvalue weighted by molar-refractivity contribution is 7.89. The second-order valence-electron chi connectivity index (χ2n) is 5.76. The van der Waals surface area contributed by atoms with Crippen LogP contribution in [-0.4, -0.2) is 43.7 Å². The third kappa shape index (κ3) is 3.25. The molecule has 0 aliphatic carbocycles. The van der Waals surface area contributed by atoms with Crippen LogP contribution >= 0.6 is 0 Å². The fourth-order valence-electron chi connectivity index (χ4n) is 2.58. The summed E-state index contributed by atoms with van der Waals surface area (Å²) in [5.74, 6) is 0.764. The largest absolute Gasteiger partial charge is 0.496 e. The topological polar surface area (TPSA) is 64.4 Å². The van der Waals surface area contributed by atoms with Crippen molar-refractivity contribution in [3.05, 3.63) is 40.7 Å². The molecule has 0 aliphatic rings. The minimum Gasteiger partial charge on any atom is -0.496 e. The molecule has 0 atom stereocenters. The fourth-order valence-corrected chi connectivity index (χ4v) is 3.84. The molecule has 1 aromatic carbocycles. The lowest BCUT2D eigenvalue weighted by molar-refractivity contribution is 0.407. The highest BCUT2D eigenvalue weighted by Crippen LogP contribution is 2.25. The molecule has 1 heterocycles. The van der Waals surface area contributed by atoms with E-state index in [0.29, 0.717) is 17.9 Å². The predicted octanol–water partition coefficient (Wildman–Crippen LogP) is 2.12. The van der Waals surface area contributed by atoms with Gasteiger partial charge in [0.25, 0.3) is 0 Å². The fraction of sp³-hybridized carbons (Fsp3) is 0.438. The lowest BCUT2D eigenvalue weighted by atomic mass is 10.1. The average Bonchev–Trinajstić information content (AvgIpc) is 2.74. The third-order valence-electron chi connectivity index (χ3n) is 3.81. The molecule has 0 radical (unpaired) electrons. The number of methoxy groups -OCH3 is 1. The zero-order valence-electron chi connectivity index (χ0n) is 14.4. The van der Waals surface area contributed by atoms with Crippen LogP contribution in [-0.2, 0) is 16.6 Å². The van der Waals surface area contributed by atoms with Gasteiger partial charge in [-0.25, -0.2) is 12.7 Å². The van der Waals surface area contributed by atoms with E-state index in [1.807, 2.05) is 25.1 Å². The number of rotatable bonds is 5. The first-order valence-corrected chi connectivity index (χ1v) is 8.72. The number of sulfonamides is 1. The number of aromatic nitrogens is 2. The highest BCUT2D eigenvalue weighted by Gasteiger charge is 2.26.